The van der Waals surface area contributed by atoms with Gasteiger partial charge in [-0.05, 0) is 24.8 Å². The molecule has 2 N–H and O–H groups in total. The van der Waals surface area contributed by atoms with Crippen LogP contribution < -0.4 is 5.32 Å². The fourth-order valence-corrected chi connectivity index (χ4v) is 2.84. The van der Waals surface area contributed by atoms with Gasteiger partial charge in [0, 0.05) is 25.0 Å². The number of aromatic nitrogens is 2. The number of hydrogen-bond acceptors (Lipinski definition) is 3. The second kappa shape index (κ2) is 6.90. The summed E-state index contributed by atoms with van der Waals surface area (Å²) in [4.78, 5) is 0. The van der Waals surface area contributed by atoms with Crippen LogP contribution in [-0.4, -0.2) is 33.6 Å². The minimum Gasteiger partial charge on any atom is -0.390 e. The van der Waals surface area contributed by atoms with Gasteiger partial charge in [0.25, 0.3) is 0 Å². The highest BCUT2D eigenvalue weighted by Gasteiger charge is 2.20. The van der Waals surface area contributed by atoms with Gasteiger partial charge in [0.2, 0.25) is 0 Å². The SMILES string of the molecule is CCC1CCCC(NCC(O)Cn2cccn2)C1. The summed E-state index contributed by atoms with van der Waals surface area (Å²) >= 11 is 0. The highest BCUT2D eigenvalue weighted by molar-refractivity contribution is 4.80. The van der Waals surface area contributed by atoms with Gasteiger partial charge in [-0.2, -0.15) is 5.10 Å². The second-order valence-corrected chi connectivity index (χ2v) is 5.43. The van der Waals surface area contributed by atoms with Crippen molar-refractivity contribution in [1.29, 1.82) is 0 Å². The number of hydrogen-bond donors (Lipinski definition) is 2. The molecule has 1 heterocycles. The topological polar surface area (TPSA) is 50.1 Å². The van der Waals surface area contributed by atoms with Crippen LogP contribution in [0.25, 0.3) is 0 Å². The predicted molar refractivity (Wildman–Crippen MR) is 72.3 cm³/mol. The quantitative estimate of drug-likeness (QED) is 0.810. The maximum Gasteiger partial charge on any atom is 0.0860 e. The molecule has 0 bridgehead atoms. The Kier molecular flexibility index (Phi) is 5.20. The molecule has 0 spiro atoms. The standard InChI is InChI=1S/C14H25N3O/c1-2-12-5-3-6-13(9-12)15-10-14(18)11-17-8-4-7-16-17/h4,7-8,12-15,18H,2-3,5-6,9-11H2,1H3. The molecule has 0 saturated heterocycles. The zero-order valence-corrected chi connectivity index (χ0v) is 11.3. The van der Waals surface area contributed by atoms with E-state index in [-0.39, 0.29) is 6.10 Å². The van der Waals surface area contributed by atoms with Crippen molar-refractivity contribution in [1.82, 2.24) is 15.1 Å². The van der Waals surface area contributed by atoms with Crippen molar-refractivity contribution in [3.05, 3.63) is 18.5 Å². The monoisotopic (exact) mass is 251 g/mol. The number of nitrogens with zero attached hydrogens (tertiary/aromatic N) is 2. The van der Waals surface area contributed by atoms with Crippen LogP contribution in [0.5, 0.6) is 0 Å². The summed E-state index contributed by atoms with van der Waals surface area (Å²) in [5.74, 6) is 0.875. The lowest BCUT2D eigenvalue weighted by atomic mass is 9.84. The van der Waals surface area contributed by atoms with E-state index in [1.54, 1.807) is 10.9 Å². The van der Waals surface area contributed by atoms with Crippen molar-refractivity contribution in [3.63, 3.8) is 0 Å². The molecule has 0 radical (unpaired) electrons. The molecule has 0 aromatic carbocycles. The van der Waals surface area contributed by atoms with Gasteiger partial charge in [-0.1, -0.05) is 26.2 Å². The van der Waals surface area contributed by atoms with Crippen LogP contribution in [0.1, 0.15) is 39.0 Å². The van der Waals surface area contributed by atoms with Crippen LogP contribution in [0.4, 0.5) is 0 Å². The summed E-state index contributed by atoms with van der Waals surface area (Å²) in [6.07, 6.45) is 9.79. The van der Waals surface area contributed by atoms with E-state index in [9.17, 15) is 5.11 Å². The van der Waals surface area contributed by atoms with Crippen LogP contribution in [0.2, 0.25) is 0 Å². The first kappa shape index (κ1) is 13.6. The lowest BCUT2D eigenvalue weighted by Crippen LogP contribution is -2.40. The highest BCUT2D eigenvalue weighted by Crippen LogP contribution is 2.26. The number of nitrogens with one attached hydrogen (secondary N) is 1. The average Bonchev–Trinajstić information content (AvgIpc) is 2.89. The molecule has 1 saturated carbocycles. The molecule has 1 aromatic rings. The highest BCUT2D eigenvalue weighted by atomic mass is 16.3. The smallest absolute Gasteiger partial charge is 0.0860 e. The van der Waals surface area contributed by atoms with Gasteiger partial charge < -0.3 is 10.4 Å². The van der Waals surface area contributed by atoms with Crippen molar-refractivity contribution < 1.29 is 5.11 Å². The van der Waals surface area contributed by atoms with E-state index in [1.165, 1.54) is 32.1 Å². The molecule has 3 atom stereocenters. The van der Waals surface area contributed by atoms with Gasteiger partial charge in [-0.15, -0.1) is 0 Å². The second-order valence-electron chi connectivity index (χ2n) is 5.43. The lowest BCUT2D eigenvalue weighted by Gasteiger charge is -2.29. The van der Waals surface area contributed by atoms with Gasteiger partial charge >= 0.3 is 0 Å². The van der Waals surface area contributed by atoms with Gasteiger partial charge in [-0.3, -0.25) is 4.68 Å². The van der Waals surface area contributed by atoms with Crippen LogP contribution in [0.3, 0.4) is 0 Å². The van der Waals surface area contributed by atoms with E-state index in [0.29, 0.717) is 19.1 Å². The maximum absolute atomic E-state index is 9.95. The fraction of sp³-hybridized carbons (Fsp3) is 0.786. The number of aliphatic hydroxyl groups excluding tert-OH is 1. The third-order valence-electron chi connectivity index (χ3n) is 3.96. The Labute approximate surface area is 109 Å². The van der Waals surface area contributed by atoms with Crippen molar-refractivity contribution in [2.24, 2.45) is 5.92 Å². The Morgan fingerprint density at radius 3 is 3.11 bits per heavy atom. The summed E-state index contributed by atoms with van der Waals surface area (Å²) in [6, 6.07) is 2.48. The Bertz CT molecular complexity index is 326. The Morgan fingerprint density at radius 2 is 2.39 bits per heavy atom. The first-order valence-corrected chi connectivity index (χ1v) is 7.16. The number of rotatable bonds is 6. The zero-order chi connectivity index (χ0) is 12.8. The van der Waals surface area contributed by atoms with Crippen LogP contribution in [-0.2, 0) is 6.54 Å². The van der Waals surface area contributed by atoms with Crippen LogP contribution in [0, 0.1) is 5.92 Å². The van der Waals surface area contributed by atoms with Crippen molar-refractivity contribution in [2.75, 3.05) is 6.54 Å². The molecule has 102 valence electrons. The predicted octanol–water partition coefficient (Wildman–Crippen LogP) is 1.80. The normalized spacial score (nSPS) is 26.1. The van der Waals surface area contributed by atoms with E-state index >= 15 is 0 Å². The van der Waals surface area contributed by atoms with Gasteiger partial charge in [-0.25, -0.2) is 0 Å². The Balaban J connectivity index is 1.67. The first-order valence-electron chi connectivity index (χ1n) is 7.16. The average molecular weight is 251 g/mol. The van der Waals surface area contributed by atoms with Crippen LogP contribution in [0.15, 0.2) is 18.5 Å². The maximum atomic E-state index is 9.95. The lowest BCUT2D eigenvalue weighted by molar-refractivity contribution is 0.136. The molecular formula is C14H25N3O. The molecule has 0 aliphatic heterocycles. The minimum atomic E-state index is -0.355. The van der Waals surface area contributed by atoms with E-state index in [4.69, 9.17) is 0 Å². The van der Waals surface area contributed by atoms with E-state index in [2.05, 4.69) is 17.3 Å². The van der Waals surface area contributed by atoms with Gasteiger partial charge in [0.05, 0.1) is 12.6 Å². The zero-order valence-electron chi connectivity index (χ0n) is 11.3. The summed E-state index contributed by atoms with van der Waals surface area (Å²) in [7, 11) is 0. The molecule has 18 heavy (non-hydrogen) atoms. The molecular weight excluding hydrogens is 226 g/mol. The first-order chi connectivity index (χ1) is 8.78. The summed E-state index contributed by atoms with van der Waals surface area (Å²) < 4.78 is 1.78. The third kappa shape index (κ3) is 4.10. The molecule has 1 fully saturated rings. The van der Waals surface area contributed by atoms with Crippen molar-refractivity contribution >= 4 is 0 Å². The van der Waals surface area contributed by atoms with E-state index in [0.717, 1.165) is 5.92 Å². The fourth-order valence-electron chi connectivity index (χ4n) is 2.84. The Morgan fingerprint density at radius 1 is 1.50 bits per heavy atom. The summed E-state index contributed by atoms with van der Waals surface area (Å²) in [5.41, 5.74) is 0. The van der Waals surface area contributed by atoms with E-state index in [1.807, 2.05) is 12.3 Å². The third-order valence-corrected chi connectivity index (χ3v) is 3.96. The summed E-state index contributed by atoms with van der Waals surface area (Å²) in [5, 5.41) is 17.6. The number of aliphatic hydroxyl groups is 1. The van der Waals surface area contributed by atoms with Crippen molar-refractivity contribution in [2.45, 2.75) is 57.7 Å². The molecule has 4 heteroatoms. The molecule has 0 amide bonds. The molecule has 1 aromatic heterocycles. The molecule has 1 aliphatic rings. The summed E-state index contributed by atoms with van der Waals surface area (Å²) in [6.45, 7) is 3.52. The van der Waals surface area contributed by atoms with Crippen LogP contribution >= 0.6 is 0 Å². The molecule has 3 unspecified atom stereocenters. The molecule has 2 rings (SSSR count). The van der Waals surface area contributed by atoms with Gasteiger partial charge in [0.15, 0.2) is 0 Å². The molecule has 1 aliphatic carbocycles. The van der Waals surface area contributed by atoms with Crippen molar-refractivity contribution in [3.8, 4) is 0 Å². The van der Waals surface area contributed by atoms with Gasteiger partial charge in [0.1, 0.15) is 0 Å². The van der Waals surface area contributed by atoms with E-state index < -0.39 is 0 Å². The minimum absolute atomic E-state index is 0.355. The largest absolute Gasteiger partial charge is 0.390 e. The Hall–Kier alpha value is -0.870. The molecule has 4 nitrogen and oxygen atoms in total.